The van der Waals surface area contributed by atoms with Crippen LogP contribution in [0.4, 0.5) is 0 Å². The third-order valence-corrected chi connectivity index (χ3v) is 4.45. The summed E-state index contributed by atoms with van der Waals surface area (Å²) in [6.45, 7) is 0. The molecule has 0 N–H and O–H groups in total. The fourth-order valence-corrected chi connectivity index (χ4v) is 3.20. The van der Waals surface area contributed by atoms with Gasteiger partial charge in [0.05, 0.1) is 0 Å². The Morgan fingerprint density at radius 1 is 1.20 bits per heavy atom. The molecule has 1 unspecified atom stereocenters. The number of benzene rings is 1. The zero-order valence-corrected chi connectivity index (χ0v) is 10.1. The molecular weight excluding hydrogens is 251 g/mol. The van der Waals surface area contributed by atoms with Crippen LogP contribution in [0.2, 0.25) is 5.32 Å². The minimum absolute atomic E-state index is 0.0462. The molecule has 15 heavy (non-hydrogen) atoms. The second-order valence-electron chi connectivity index (χ2n) is 3.15. The molecule has 0 radical (unpaired) electrons. The fraction of sp³-hybridized carbons (Fsp3) is 0.333. The molecule has 2 nitrogen and oxygen atoms in total. The summed E-state index contributed by atoms with van der Waals surface area (Å²) in [7, 11) is 0. The van der Waals surface area contributed by atoms with E-state index in [4.69, 9.17) is 10.5 Å². The van der Waals surface area contributed by atoms with Gasteiger partial charge in [0.1, 0.15) is 0 Å². The van der Waals surface area contributed by atoms with Crippen LogP contribution >= 0.6 is 0 Å². The van der Waals surface area contributed by atoms with Crippen molar-refractivity contribution in [3.8, 4) is 12.1 Å². The average molecular weight is 263 g/mol. The van der Waals surface area contributed by atoms with Crippen molar-refractivity contribution in [2.24, 2.45) is 5.92 Å². The van der Waals surface area contributed by atoms with E-state index >= 15 is 0 Å². The maximum atomic E-state index is 8.88. The van der Waals surface area contributed by atoms with E-state index in [1.54, 1.807) is 0 Å². The van der Waals surface area contributed by atoms with Gasteiger partial charge in [0, 0.05) is 0 Å². The zero-order chi connectivity index (χ0) is 10.9. The van der Waals surface area contributed by atoms with Crippen molar-refractivity contribution in [2.75, 3.05) is 0 Å². The first kappa shape index (κ1) is 11.8. The molecule has 0 aromatic heterocycles. The van der Waals surface area contributed by atoms with E-state index in [0.717, 1.165) is 5.32 Å². The van der Waals surface area contributed by atoms with Gasteiger partial charge in [0.15, 0.2) is 0 Å². The van der Waals surface area contributed by atoms with Crippen molar-refractivity contribution in [1.29, 1.82) is 10.5 Å². The molecular formula is C12H12N2Se. The van der Waals surface area contributed by atoms with Gasteiger partial charge < -0.3 is 0 Å². The van der Waals surface area contributed by atoms with Gasteiger partial charge >= 0.3 is 96.5 Å². The Morgan fingerprint density at radius 2 is 1.93 bits per heavy atom. The molecule has 0 aliphatic carbocycles. The normalized spacial score (nSPS) is 11.3. The molecule has 1 aromatic carbocycles. The second kappa shape index (κ2) is 7.07. The summed E-state index contributed by atoms with van der Waals surface area (Å²) in [6.07, 6.45) is 1.20. The SMILES string of the molecule is N#CCCC(C#N)C[Se]c1ccccc1. The minimum atomic E-state index is 0.0462. The van der Waals surface area contributed by atoms with Crippen LogP contribution in [0.15, 0.2) is 30.3 Å². The standard InChI is InChI=1S/C12H12N2Se/c13-8-4-5-11(9-14)10-15-12-6-2-1-3-7-12/h1-3,6-7,11H,4-5,10H2. The molecule has 0 aliphatic heterocycles. The Balaban J connectivity index is 2.36. The Morgan fingerprint density at radius 3 is 2.53 bits per heavy atom. The van der Waals surface area contributed by atoms with E-state index in [1.807, 2.05) is 18.2 Å². The zero-order valence-electron chi connectivity index (χ0n) is 8.39. The summed E-state index contributed by atoms with van der Waals surface area (Å²) in [5.74, 6) is 0.0462. The van der Waals surface area contributed by atoms with E-state index < -0.39 is 0 Å². The van der Waals surface area contributed by atoms with Gasteiger partial charge in [0.25, 0.3) is 0 Å². The van der Waals surface area contributed by atoms with Gasteiger partial charge in [-0.15, -0.1) is 0 Å². The van der Waals surface area contributed by atoms with Crippen molar-refractivity contribution in [1.82, 2.24) is 0 Å². The predicted octanol–water partition coefficient (Wildman–Crippen LogP) is 1.88. The summed E-state index contributed by atoms with van der Waals surface area (Å²) in [4.78, 5) is 0. The van der Waals surface area contributed by atoms with Crippen molar-refractivity contribution >= 4 is 19.4 Å². The van der Waals surface area contributed by atoms with Gasteiger partial charge in [-0.2, -0.15) is 0 Å². The van der Waals surface area contributed by atoms with Crippen LogP contribution in [0.5, 0.6) is 0 Å². The molecule has 0 spiro atoms. The molecule has 0 saturated heterocycles. The fourth-order valence-electron chi connectivity index (χ4n) is 1.14. The van der Waals surface area contributed by atoms with E-state index in [1.165, 1.54) is 4.46 Å². The van der Waals surface area contributed by atoms with E-state index in [-0.39, 0.29) is 5.92 Å². The third kappa shape index (κ3) is 4.65. The number of nitrogens with zero attached hydrogens (tertiary/aromatic N) is 2. The quantitative estimate of drug-likeness (QED) is 0.761. The van der Waals surface area contributed by atoms with Crippen LogP contribution < -0.4 is 4.46 Å². The molecule has 1 rings (SSSR count). The first-order valence-corrected chi connectivity index (χ1v) is 6.88. The molecule has 76 valence electrons. The van der Waals surface area contributed by atoms with Gasteiger partial charge in [-0.05, 0) is 0 Å². The van der Waals surface area contributed by atoms with Gasteiger partial charge in [-0.3, -0.25) is 0 Å². The monoisotopic (exact) mass is 264 g/mol. The predicted molar refractivity (Wildman–Crippen MR) is 60.6 cm³/mol. The summed E-state index contributed by atoms with van der Waals surface area (Å²) < 4.78 is 1.32. The van der Waals surface area contributed by atoms with Gasteiger partial charge in [-0.25, -0.2) is 0 Å². The van der Waals surface area contributed by atoms with Crippen LogP contribution in [-0.2, 0) is 0 Å². The molecule has 0 fully saturated rings. The number of hydrogen-bond acceptors (Lipinski definition) is 2. The van der Waals surface area contributed by atoms with Crippen LogP contribution in [0.25, 0.3) is 0 Å². The summed E-state index contributed by atoms with van der Waals surface area (Å²) in [5, 5.41) is 18.2. The van der Waals surface area contributed by atoms with E-state index in [0.29, 0.717) is 27.8 Å². The van der Waals surface area contributed by atoms with Crippen LogP contribution in [0.3, 0.4) is 0 Å². The Hall–Kier alpha value is -1.28. The molecule has 1 atom stereocenters. The first-order valence-electron chi connectivity index (χ1n) is 4.81. The van der Waals surface area contributed by atoms with Gasteiger partial charge in [0.2, 0.25) is 0 Å². The average Bonchev–Trinajstić information content (AvgIpc) is 2.31. The molecule has 1 aromatic rings. The van der Waals surface area contributed by atoms with E-state index in [2.05, 4.69) is 24.3 Å². The number of hydrogen-bond donors (Lipinski definition) is 0. The van der Waals surface area contributed by atoms with Crippen molar-refractivity contribution in [3.63, 3.8) is 0 Å². The number of nitriles is 2. The topological polar surface area (TPSA) is 47.6 Å². The van der Waals surface area contributed by atoms with E-state index in [9.17, 15) is 0 Å². The molecule has 0 aliphatic rings. The maximum absolute atomic E-state index is 8.88. The molecule has 0 bridgehead atoms. The summed E-state index contributed by atoms with van der Waals surface area (Å²) in [5.41, 5.74) is 0. The van der Waals surface area contributed by atoms with Crippen LogP contribution in [0, 0.1) is 28.6 Å². The third-order valence-electron chi connectivity index (χ3n) is 1.98. The van der Waals surface area contributed by atoms with Gasteiger partial charge in [-0.1, -0.05) is 0 Å². The molecule has 3 heteroatoms. The second-order valence-corrected chi connectivity index (χ2v) is 5.44. The molecule has 0 heterocycles. The van der Waals surface area contributed by atoms with Crippen LogP contribution in [-0.4, -0.2) is 15.0 Å². The number of rotatable bonds is 5. The molecule has 0 saturated carbocycles. The molecule has 0 amide bonds. The van der Waals surface area contributed by atoms with Crippen molar-refractivity contribution in [2.45, 2.75) is 18.2 Å². The van der Waals surface area contributed by atoms with Crippen LogP contribution in [0.1, 0.15) is 12.8 Å². The van der Waals surface area contributed by atoms with Crippen molar-refractivity contribution in [3.05, 3.63) is 30.3 Å². The summed E-state index contributed by atoms with van der Waals surface area (Å²) >= 11 is 0.358. The first-order chi connectivity index (χ1) is 7.36. The Bertz CT molecular complexity index is 361. The summed E-state index contributed by atoms with van der Waals surface area (Å²) in [6, 6.07) is 14.6. The Labute approximate surface area is 96.7 Å². The Kier molecular flexibility index (Phi) is 5.56. The van der Waals surface area contributed by atoms with Crippen molar-refractivity contribution < 1.29 is 0 Å².